The number of likely N-dealkylation sites (tertiary alicyclic amines) is 1. The van der Waals surface area contributed by atoms with E-state index in [2.05, 4.69) is 10.1 Å². The quantitative estimate of drug-likeness (QED) is 0.890. The summed E-state index contributed by atoms with van der Waals surface area (Å²) < 4.78 is 5.10. The fraction of sp³-hybridized carbons (Fsp3) is 0.692. The van der Waals surface area contributed by atoms with Crippen LogP contribution in [0.25, 0.3) is 0 Å². The van der Waals surface area contributed by atoms with Crippen LogP contribution in [-0.4, -0.2) is 33.7 Å². The van der Waals surface area contributed by atoms with Crippen molar-refractivity contribution in [3.8, 4) is 0 Å². The maximum Gasteiger partial charge on any atom is 0.358 e. The van der Waals surface area contributed by atoms with Gasteiger partial charge >= 0.3 is 5.97 Å². The van der Waals surface area contributed by atoms with Gasteiger partial charge < -0.3 is 9.63 Å². The molecule has 3 rings (SSSR count). The third-order valence-electron chi connectivity index (χ3n) is 4.26. The highest BCUT2D eigenvalue weighted by molar-refractivity contribution is 5.85. The first-order chi connectivity index (χ1) is 8.74. The SMILES string of the molecule is O=C(O)c1cc(CN2CCC3CCCCC32)on1. The first-order valence-corrected chi connectivity index (χ1v) is 6.67. The van der Waals surface area contributed by atoms with Crippen LogP contribution < -0.4 is 0 Å². The molecule has 0 amide bonds. The summed E-state index contributed by atoms with van der Waals surface area (Å²) in [6.07, 6.45) is 6.56. The summed E-state index contributed by atoms with van der Waals surface area (Å²) in [6.45, 7) is 1.79. The first-order valence-electron chi connectivity index (χ1n) is 6.67. The van der Waals surface area contributed by atoms with Crippen LogP contribution in [0, 0.1) is 5.92 Å². The molecule has 1 N–H and O–H groups in total. The van der Waals surface area contributed by atoms with E-state index in [1.54, 1.807) is 6.07 Å². The van der Waals surface area contributed by atoms with Gasteiger partial charge in [-0.2, -0.15) is 0 Å². The number of nitrogens with zero attached hydrogens (tertiary/aromatic N) is 2. The van der Waals surface area contributed by atoms with Gasteiger partial charge in [-0.3, -0.25) is 4.90 Å². The molecule has 2 aliphatic rings. The number of aromatic carboxylic acids is 1. The van der Waals surface area contributed by atoms with Crippen molar-refractivity contribution in [2.75, 3.05) is 6.54 Å². The number of aromatic nitrogens is 1. The summed E-state index contributed by atoms with van der Waals surface area (Å²) in [5.74, 6) is 0.473. The standard InChI is InChI=1S/C13H18N2O3/c16-13(17)11-7-10(18-14-11)8-15-6-5-9-3-1-2-4-12(9)15/h7,9,12H,1-6,8H2,(H,16,17). The second kappa shape index (κ2) is 4.72. The van der Waals surface area contributed by atoms with Crippen LogP contribution in [-0.2, 0) is 6.54 Å². The average molecular weight is 250 g/mol. The predicted molar refractivity (Wildman–Crippen MR) is 64.2 cm³/mol. The zero-order valence-corrected chi connectivity index (χ0v) is 10.3. The summed E-state index contributed by atoms with van der Waals surface area (Å²) in [5.41, 5.74) is 0.00407. The Morgan fingerprint density at radius 2 is 2.28 bits per heavy atom. The molecule has 5 nitrogen and oxygen atoms in total. The topological polar surface area (TPSA) is 66.6 Å². The van der Waals surface area contributed by atoms with Gasteiger partial charge in [0.05, 0.1) is 6.54 Å². The monoisotopic (exact) mass is 250 g/mol. The second-order valence-electron chi connectivity index (χ2n) is 5.35. The van der Waals surface area contributed by atoms with E-state index >= 15 is 0 Å². The Labute approximate surface area is 106 Å². The van der Waals surface area contributed by atoms with Gasteiger partial charge in [0, 0.05) is 12.1 Å². The molecule has 2 atom stereocenters. The minimum absolute atomic E-state index is 0.00407. The van der Waals surface area contributed by atoms with Crippen molar-refractivity contribution in [2.24, 2.45) is 5.92 Å². The van der Waals surface area contributed by atoms with Crippen molar-refractivity contribution < 1.29 is 14.4 Å². The molecule has 2 fully saturated rings. The van der Waals surface area contributed by atoms with Crippen molar-refractivity contribution in [2.45, 2.75) is 44.7 Å². The highest BCUT2D eigenvalue weighted by atomic mass is 16.5. The fourth-order valence-electron chi connectivity index (χ4n) is 3.39. The molecule has 18 heavy (non-hydrogen) atoms. The summed E-state index contributed by atoms with van der Waals surface area (Å²) >= 11 is 0. The maximum atomic E-state index is 10.7. The predicted octanol–water partition coefficient (Wildman–Crippen LogP) is 2.14. The molecule has 98 valence electrons. The van der Waals surface area contributed by atoms with Crippen molar-refractivity contribution in [3.63, 3.8) is 0 Å². The molecule has 0 aromatic carbocycles. The van der Waals surface area contributed by atoms with Crippen LogP contribution in [0.3, 0.4) is 0 Å². The minimum atomic E-state index is -1.03. The molecule has 1 aromatic rings. The number of rotatable bonds is 3. The van der Waals surface area contributed by atoms with E-state index < -0.39 is 5.97 Å². The fourth-order valence-corrected chi connectivity index (χ4v) is 3.39. The number of hydrogen-bond donors (Lipinski definition) is 1. The molecule has 0 radical (unpaired) electrons. The smallest absolute Gasteiger partial charge is 0.358 e. The largest absolute Gasteiger partial charge is 0.476 e. The molecule has 1 aliphatic carbocycles. The lowest BCUT2D eigenvalue weighted by Crippen LogP contribution is -2.34. The second-order valence-corrected chi connectivity index (χ2v) is 5.35. The van der Waals surface area contributed by atoms with Crippen LogP contribution in [0.4, 0.5) is 0 Å². The Morgan fingerprint density at radius 1 is 1.44 bits per heavy atom. The number of hydrogen-bond acceptors (Lipinski definition) is 4. The summed E-state index contributed by atoms with van der Waals surface area (Å²) in [7, 11) is 0. The molecule has 2 heterocycles. The number of carboxylic acid groups (broad SMARTS) is 1. The molecule has 1 aromatic heterocycles. The van der Waals surface area contributed by atoms with Crippen LogP contribution in [0.5, 0.6) is 0 Å². The van der Waals surface area contributed by atoms with E-state index in [1.165, 1.54) is 32.1 Å². The Hall–Kier alpha value is -1.36. The van der Waals surface area contributed by atoms with Crippen LogP contribution in [0.2, 0.25) is 0 Å². The molecule has 2 unspecified atom stereocenters. The van der Waals surface area contributed by atoms with Gasteiger partial charge in [0.2, 0.25) is 0 Å². The molecule has 1 saturated heterocycles. The van der Waals surface area contributed by atoms with Crippen LogP contribution in [0.1, 0.15) is 48.4 Å². The van der Waals surface area contributed by atoms with Crippen molar-refractivity contribution in [3.05, 3.63) is 17.5 Å². The van der Waals surface area contributed by atoms with E-state index in [1.807, 2.05) is 0 Å². The van der Waals surface area contributed by atoms with Gasteiger partial charge in [-0.25, -0.2) is 4.79 Å². The number of carboxylic acids is 1. The zero-order chi connectivity index (χ0) is 12.5. The highest BCUT2D eigenvalue weighted by Crippen LogP contribution is 2.36. The van der Waals surface area contributed by atoms with Crippen molar-refractivity contribution in [1.82, 2.24) is 10.1 Å². The molecule has 1 saturated carbocycles. The number of carbonyl (C=O) groups is 1. The van der Waals surface area contributed by atoms with Crippen LogP contribution >= 0.6 is 0 Å². The van der Waals surface area contributed by atoms with Crippen molar-refractivity contribution in [1.29, 1.82) is 0 Å². The van der Waals surface area contributed by atoms with Gasteiger partial charge in [-0.1, -0.05) is 18.0 Å². The molecular formula is C13H18N2O3. The van der Waals surface area contributed by atoms with Gasteiger partial charge in [-0.15, -0.1) is 0 Å². The van der Waals surface area contributed by atoms with Gasteiger partial charge in [0.15, 0.2) is 11.5 Å². The lowest BCUT2D eigenvalue weighted by Gasteiger charge is -2.30. The Kier molecular flexibility index (Phi) is 3.07. The third kappa shape index (κ3) is 2.14. The maximum absolute atomic E-state index is 10.7. The minimum Gasteiger partial charge on any atom is -0.476 e. The zero-order valence-electron chi connectivity index (χ0n) is 10.3. The number of fused-ring (bicyclic) bond motifs is 1. The lowest BCUT2D eigenvalue weighted by atomic mass is 9.85. The van der Waals surface area contributed by atoms with E-state index in [-0.39, 0.29) is 5.69 Å². The van der Waals surface area contributed by atoms with Crippen LogP contribution in [0.15, 0.2) is 10.6 Å². The summed E-state index contributed by atoms with van der Waals surface area (Å²) in [6, 6.07) is 2.20. The molecular weight excluding hydrogens is 232 g/mol. The van der Waals surface area contributed by atoms with Gasteiger partial charge in [0.25, 0.3) is 0 Å². The highest BCUT2D eigenvalue weighted by Gasteiger charge is 2.35. The lowest BCUT2D eigenvalue weighted by molar-refractivity contribution is 0.0685. The Morgan fingerprint density at radius 3 is 3.06 bits per heavy atom. The first kappa shape index (κ1) is 11.7. The Bertz CT molecular complexity index is 443. The molecule has 0 bridgehead atoms. The van der Waals surface area contributed by atoms with Gasteiger partial charge in [0.1, 0.15) is 0 Å². The summed E-state index contributed by atoms with van der Waals surface area (Å²) in [4.78, 5) is 13.2. The average Bonchev–Trinajstić information content (AvgIpc) is 2.98. The normalized spacial score (nSPS) is 28.2. The molecule has 0 spiro atoms. The summed E-state index contributed by atoms with van der Waals surface area (Å²) in [5, 5.41) is 12.4. The molecule has 5 heteroatoms. The van der Waals surface area contributed by atoms with E-state index in [0.717, 1.165) is 12.5 Å². The van der Waals surface area contributed by atoms with E-state index in [4.69, 9.17) is 9.63 Å². The van der Waals surface area contributed by atoms with Gasteiger partial charge in [-0.05, 0) is 31.7 Å². The van der Waals surface area contributed by atoms with Crippen molar-refractivity contribution >= 4 is 5.97 Å². The van der Waals surface area contributed by atoms with E-state index in [0.29, 0.717) is 18.3 Å². The molecule has 1 aliphatic heterocycles. The van der Waals surface area contributed by atoms with E-state index in [9.17, 15) is 4.79 Å². The third-order valence-corrected chi connectivity index (χ3v) is 4.26. The Balaban J connectivity index is 1.66.